The molecule has 1 aromatic heterocycles. The first-order valence-corrected chi connectivity index (χ1v) is 5.93. The Bertz CT molecular complexity index is 246. The molecule has 0 aromatic carbocycles. The van der Waals surface area contributed by atoms with Crippen molar-refractivity contribution in [1.82, 2.24) is 0 Å². The number of aryl methyl sites for hydroxylation is 2. The average molecular weight is 215 g/mol. The van der Waals surface area contributed by atoms with Crippen molar-refractivity contribution in [2.45, 2.75) is 40.5 Å². The van der Waals surface area contributed by atoms with E-state index >= 15 is 0 Å². The Morgan fingerprint density at radius 2 is 1.73 bits per heavy atom. The summed E-state index contributed by atoms with van der Waals surface area (Å²) in [5, 5.41) is 0. The fourth-order valence-corrected chi connectivity index (χ4v) is 3.79. The molecule has 0 spiro atoms. The molecular weight excluding hydrogens is 199 g/mol. The molecule has 1 heteroatoms. The van der Waals surface area contributed by atoms with Crippen LogP contribution in [0.25, 0.3) is 0 Å². The van der Waals surface area contributed by atoms with Crippen molar-refractivity contribution in [3.8, 4) is 0 Å². The Labute approximate surface area is 75.4 Å². The quantitative estimate of drug-likeness (QED) is 0.665. The van der Waals surface area contributed by atoms with Gasteiger partial charge in [0.15, 0.2) is 0 Å². The molecule has 0 N–H and O–H groups in total. The van der Waals surface area contributed by atoms with Crippen molar-refractivity contribution in [2.75, 3.05) is 0 Å². The van der Waals surface area contributed by atoms with E-state index < -0.39 is 0 Å². The van der Waals surface area contributed by atoms with Crippen molar-refractivity contribution in [2.24, 2.45) is 0 Å². The molecule has 62 valence electrons. The minimum atomic E-state index is 0.689. The Balaban J connectivity index is 3.02. The van der Waals surface area contributed by atoms with Gasteiger partial charge in [0.05, 0.1) is 0 Å². The minimum absolute atomic E-state index is 0.689. The van der Waals surface area contributed by atoms with Crippen LogP contribution in [0.4, 0.5) is 0 Å². The Morgan fingerprint density at radius 3 is 2.09 bits per heavy atom. The predicted molar refractivity (Wildman–Crippen MR) is 51.6 cm³/mol. The van der Waals surface area contributed by atoms with Crippen LogP contribution in [-0.2, 0) is 6.42 Å². The van der Waals surface area contributed by atoms with Crippen LogP contribution < -0.4 is 0 Å². The second-order valence-corrected chi connectivity index (χ2v) is 6.07. The van der Waals surface area contributed by atoms with E-state index in [1.54, 1.807) is 20.0 Å². The van der Waals surface area contributed by atoms with Crippen LogP contribution in [0.1, 0.15) is 33.3 Å². The Kier molecular flexibility index (Phi) is 2.97. The molecule has 0 saturated heterocycles. The van der Waals surface area contributed by atoms with Crippen LogP contribution >= 0.6 is 0 Å². The number of hydrogen-bond donors (Lipinski definition) is 0. The zero-order valence-electron chi connectivity index (χ0n) is 7.82. The van der Waals surface area contributed by atoms with Gasteiger partial charge in [0.1, 0.15) is 0 Å². The maximum atomic E-state index is 2.30. The van der Waals surface area contributed by atoms with E-state index in [1.807, 2.05) is 0 Å². The second kappa shape index (κ2) is 3.60. The van der Waals surface area contributed by atoms with Crippen LogP contribution in [0.5, 0.6) is 0 Å². The standard InChI is InChI=1S/C10H16Se/c1-5-6-10-7(2)8(3)11-9(10)4/h5-6H2,1-4H3. The molecule has 1 aromatic rings. The van der Waals surface area contributed by atoms with Crippen molar-refractivity contribution >= 4 is 14.5 Å². The van der Waals surface area contributed by atoms with Gasteiger partial charge in [0.25, 0.3) is 0 Å². The zero-order valence-corrected chi connectivity index (χ0v) is 9.54. The maximum absolute atomic E-state index is 2.30. The molecule has 0 aliphatic rings. The Morgan fingerprint density at radius 1 is 1.09 bits per heavy atom. The van der Waals surface area contributed by atoms with E-state index in [9.17, 15) is 0 Å². The summed E-state index contributed by atoms with van der Waals surface area (Å²) >= 11 is 0.689. The van der Waals surface area contributed by atoms with Crippen molar-refractivity contribution in [3.63, 3.8) is 0 Å². The van der Waals surface area contributed by atoms with Crippen molar-refractivity contribution in [1.29, 1.82) is 0 Å². The van der Waals surface area contributed by atoms with Crippen molar-refractivity contribution < 1.29 is 0 Å². The summed E-state index contributed by atoms with van der Waals surface area (Å²) < 4.78 is 3.30. The molecule has 0 nitrogen and oxygen atoms in total. The van der Waals surface area contributed by atoms with Gasteiger partial charge in [0, 0.05) is 0 Å². The van der Waals surface area contributed by atoms with Gasteiger partial charge in [-0.1, -0.05) is 0 Å². The second-order valence-electron chi connectivity index (χ2n) is 3.07. The van der Waals surface area contributed by atoms with E-state index in [-0.39, 0.29) is 0 Å². The average Bonchev–Trinajstić information content (AvgIpc) is 2.17. The summed E-state index contributed by atoms with van der Waals surface area (Å²) in [6.07, 6.45) is 2.57. The summed E-state index contributed by atoms with van der Waals surface area (Å²) in [4.78, 5) is 0. The van der Waals surface area contributed by atoms with Gasteiger partial charge in [-0.15, -0.1) is 0 Å². The van der Waals surface area contributed by atoms with Gasteiger partial charge < -0.3 is 0 Å². The molecule has 0 atom stereocenters. The first-order chi connectivity index (χ1) is 5.16. The van der Waals surface area contributed by atoms with Crippen LogP contribution in [-0.4, -0.2) is 14.5 Å². The molecule has 11 heavy (non-hydrogen) atoms. The van der Waals surface area contributed by atoms with Crippen LogP contribution in [0.3, 0.4) is 0 Å². The molecule has 0 unspecified atom stereocenters. The third-order valence-corrected chi connectivity index (χ3v) is 4.66. The van der Waals surface area contributed by atoms with Gasteiger partial charge in [-0.25, -0.2) is 0 Å². The molecule has 1 rings (SSSR count). The van der Waals surface area contributed by atoms with E-state index in [4.69, 9.17) is 0 Å². The molecule has 0 radical (unpaired) electrons. The fourth-order valence-electron chi connectivity index (χ4n) is 1.46. The number of hydrogen-bond acceptors (Lipinski definition) is 0. The van der Waals surface area contributed by atoms with E-state index in [0.717, 1.165) is 0 Å². The molecule has 0 saturated carbocycles. The molecule has 0 amide bonds. The zero-order chi connectivity index (χ0) is 8.43. The first-order valence-electron chi connectivity index (χ1n) is 4.22. The molecule has 0 aliphatic heterocycles. The van der Waals surface area contributed by atoms with Gasteiger partial charge in [-0.2, -0.15) is 0 Å². The SMILES string of the molecule is CCCc1c(C)[se]c(C)c1C. The first kappa shape index (κ1) is 9.09. The molecule has 0 fully saturated rings. The van der Waals surface area contributed by atoms with Crippen LogP contribution in [0.2, 0.25) is 0 Å². The summed E-state index contributed by atoms with van der Waals surface area (Å²) in [5.74, 6) is 0. The molecular formula is C10H16Se. The van der Waals surface area contributed by atoms with Gasteiger partial charge in [0.2, 0.25) is 0 Å². The van der Waals surface area contributed by atoms with Crippen LogP contribution in [0.15, 0.2) is 0 Å². The molecule has 1 heterocycles. The Hall–Kier alpha value is -0.000519. The third kappa shape index (κ3) is 1.77. The number of rotatable bonds is 2. The van der Waals surface area contributed by atoms with E-state index in [2.05, 4.69) is 27.7 Å². The summed E-state index contributed by atoms with van der Waals surface area (Å²) in [6, 6.07) is 0. The van der Waals surface area contributed by atoms with Gasteiger partial charge in [-0.05, 0) is 0 Å². The molecule has 0 aliphatic carbocycles. The van der Waals surface area contributed by atoms with E-state index in [0.29, 0.717) is 14.5 Å². The van der Waals surface area contributed by atoms with Gasteiger partial charge >= 0.3 is 75.0 Å². The normalized spacial score (nSPS) is 10.5. The van der Waals surface area contributed by atoms with Gasteiger partial charge in [-0.3, -0.25) is 0 Å². The van der Waals surface area contributed by atoms with Crippen LogP contribution in [0, 0.1) is 20.8 Å². The third-order valence-electron chi connectivity index (χ3n) is 2.21. The molecule has 0 bridgehead atoms. The predicted octanol–water partition coefficient (Wildman–Crippen LogP) is 2.62. The van der Waals surface area contributed by atoms with E-state index in [1.165, 1.54) is 12.8 Å². The fraction of sp³-hybridized carbons (Fsp3) is 0.600. The summed E-state index contributed by atoms with van der Waals surface area (Å²) in [6.45, 7) is 9.11. The monoisotopic (exact) mass is 216 g/mol. The summed E-state index contributed by atoms with van der Waals surface area (Å²) in [5.41, 5.74) is 3.24. The van der Waals surface area contributed by atoms with Crippen molar-refractivity contribution in [3.05, 3.63) is 20.0 Å². The topological polar surface area (TPSA) is 0 Å². The summed E-state index contributed by atoms with van der Waals surface area (Å²) in [7, 11) is 0.